The molecule has 3 unspecified atom stereocenters. The van der Waals surface area contributed by atoms with Crippen LogP contribution in [-0.2, 0) is 7.05 Å². The number of thiophene rings is 1. The maximum absolute atomic E-state index is 12.7. The highest BCUT2D eigenvalue weighted by atomic mass is 32.1. The van der Waals surface area contributed by atoms with E-state index in [0.717, 1.165) is 23.4 Å². The lowest BCUT2D eigenvalue weighted by Gasteiger charge is -2.31. The molecule has 3 atom stereocenters. The lowest BCUT2D eigenvalue weighted by atomic mass is 10.0. The van der Waals surface area contributed by atoms with Crippen molar-refractivity contribution in [3.63, 3.8) is 0 Å². The Balaban J connectivity index is 1.41. The molecule has 3 heterocycles. The first kappa shape index (κ1) is 15.4. The lowest BCUT2D eigenvalue weighted by molar-refractivity contribution is 0.0673. The summed E-state index contributed by atoms with van der Waals surface area (Å²) in [5.74, 6) is 0.350. The van der Waals surface area contributed by atoms with Gasteiger partial charge in [-0.1, -0.05) is 6.07 Å². The quantitative estimate of drug-likeness (QED) is 0.924. The van der Waals surface area contributed by atoms with Gasteiger partial charge in [-0.2, -0.15) is 5.10 Å². The van der Waals surface area contributed by atoms with Crippen molar-refractivity contribution in [3.8, 4) is 0 Å². The topological polar surface area (TPSA) is 67.2 Å². The number of carbonyl (C=O) groups is 2. The van der Waals surface area contributed by atoms with Gasteiger partial charge in [0.25, 0.3) is 11.8 Å². The predicted octanol–water partition coefficient (Wildman–Crippen LogP) is 1.82. The molecular weight excluding hydrogens is 324 g/mol. The molecule has 126 valence electrons. The van der Waals surface area contributed by atoms with E-state index in [1.54, 1.807) is 4.68 Å². The van der Waals surface area contributed by atoms with Crippen molar-refractivity contribution in [2.45, 2.75) is 31.8 Å². The van der Waals surface area contributed by atoms with Gasteiger partial charge in [-0.05, 0) is 43.2 Å². The number of likely N-dealkylation sites (tertiary alicyclic amines) is 1. The van der Waals surface area contributed by atoms with Crippen molar-refractivity contribution >= 4 is 23.2 Å². The zero-order chi connectivity index (χ0) is 16.8. The highest BCUT2D eigenvalue weighted by Gasteiger charge is 2.47. The molecule has 2 aliphatic rings. The van der Waals surface area contributed by atoms with Crippen LogP contribution in [0.15, 0.2) is 23.6 Å². The third-order valence-corrected chi connectivity index (χ3v) is 6.07. The average Bonchev–Trinajstić information content (AvgIpc) is 3.31. The largest absolute Gasteiger partial charge is 0.348 e. The van der Waals surface area contributed by atoms with Gasteiger partial charge >= 0.3 is 0 Å². The highest BCUT2D eigenvalue weighted by Crippen LogP contribution is 2.38. The van der Waals surface area contributed by atoms with Crippen molar-refractivity contribution in [2.75, 3.05) is 6.54 Å². The molecular formula is C17H20N4O2S. The van der Waals surface area contributed by atoms with E-state index in [4.69, 9.17) is 0 Å². The minimum absolute atomic E-state index is 0.000720. The van der Waals surface area contributed by atoms with Crippen molar-refractivity contribution in [2.24, 2.45) is 13.0 Å². The number of nitrogens with zero attached hydrogens (tertiary/aromatic N) is 3. The second-order valence-corrected chi connectivity index (χ2v) is 7.64. The first-order valence-electron chi connectivity index (χ1n) is 8.19. The Morgan fingerprint density at radius 2 is 2.21 bits per heavy atom. The van der Waals surface area contributed by atoms with Gasteiger partial charge in [0.1, 0.15) is 0 Å². The van der Waals surface area contributed by atoms with Gasteiger partial charge in [-0.3, -0.25) is 14.3 Å². The summed E-state index contributed by atoms with van der Waals surface area (Å²) in [6.07, 6.45) is 1.80. The number of aromatic nitrogens is 2. The molecule has 0 spiro atoms. The summed E-state index contributed by atoms with van der Waals surface area (Å²) in [5.41, 5.74) is 1.49. The highest BCUT2D eigenvalue weighted by molar-refractivity contribution is 7.12. The molecule has 2 aromatic heterocycles. The van der Waals surface area contributed by atoms with Gasteiger partial charge in [0.15, 0.2) is 5.69 Å². The van der Waals surface area contributed by atoms with Crippen LogP contribution >= 0.6 is 11.3 Å². The van der Waals surface area contributed by atoms with Gasteiger partial charge in [0, 0.05) is 31.4 Å². The molecule has 0 radical (unpaired) electrons. The van der Waals surface area contributed by atoms with Crippen LogP contribution in [0.25, 0.3) is 0 Å². The summed E-state index contributed by atoms with van der Waals surface area (Å²) in [5, 5.41) is 9.34. The van der Waals surface area contributed by atoms with E-state index in [2.05, 4.69) is 10.4 Å². The Hall–Kier alpha value is -2.15. The molecule has 2 amide bonds. The van der Waals surface area contributed by atoms with Crippen LogP contribution in [0.4, 0.5) is 0 Å². The Kier molecular flexibility index (Phi) is 3.68. The normalized spacial score (nSPS) is 25.2. The Morgan fingerprint density at radius 1 is 1.38 bits per heavy atom. The van der Waals surface area contributed by atoms with Crippen LogP contribution < -0.4 is 5.32 Å². The fraction of sp³-hybridized carbons (Fsp3) is 0.471. The molecule has 1 aliphatic heterocycles. The first-order chi connectivity index (χ1) is 11.5. The molecule has 1 saturated carbocycles. The monoisotopic (exact) mass is 344 g/mol. The van der Waals surface area contributed by atoms with Crippen LogP contribution in [0.2, 0.25) is 0 Å². The number of amides is 2. The predicted molar refractivity (Wildman–Crippen MR) is 91.1 cm³/mol. The third kappa shape index (κ3) is 2.53. The third-order valence-electron chi connectivity index (χ3n) is 5.20. The van der Waals surface area contributed by atoms with Gasteiger partial charge < -0.3 is 10.2 Å². The Bertz CT molecular complexity index is 763. The average molecular weight is 344 g/mol. The van der Waals surface area contributed by atoms with Crippen LogP contribution in [0.1, 0.15) is 38.7 Å². The van der Waals surface area contributed by atoms with E-state index in [1.807, 2.05) is 42.5 Å². The lowest BCUT2D eigenvalue weighted by Crippen LogP contribution is -2.47. The molecule has 1 saturated heterocycles. The molecule has 24 heavy (non-hydrogen) atoms. The molecule has 2 bridgehead atoms. The summed E-state index contributed by atoms with van der Waals surface area (Å²) in [4.78, 5) is 27.6. The number of nitrogens with one attached hydrogen (secondary N) is 1. The van der Waals surface area contributed by atoms with Crippen molar-refractivity contribution < 1.29 is 9.59 Å². The zero-order valence-electron chi connectivity index (χ0n) is 13.7. The first-order valence-corrected chi connectivity index (χ1v) is 9.07. The summed E-state index contributed by atoms with van der Waals surface area (Å²) < 4.78 is 1.73. The van der Waals surface area contributed by atoms with Gasteiger partial charge in [-0.15, -0.1) is 11.3 Å². The number of rotatable bonds is 3. The molecule has 1 N–H and O–H groups in total. The van der Waals surface area contributed by atoms with Gasteiger partial charge in [0.2, 0.25) is 0 Å². The van der Waals surface area contributed by atoms with E-state index in [-0.39, 0.29) is 23.9 Å². The fourth-order valence-corrected chi connectivity index (χ4v) is 4.47. The number of piperidine rings is 1. The Morgan fingerprint density at radius 3 is 2.79 bits per heavy atom. The molecule has 0 aromatic carbocycles. The summed E-state index contributed by atoms with van der Waals surface area (Å²) in [7, 11) is 1.85. The molecule has 2 aromatic rings. The molecule has 6 nitrogen and oxygen atoms in total. The van der Waals surface area contributed by atoms with E-state index in [9.17, 15) is 9.59 Å². The van der Waals surface area contributed by atoms with Gasteiger partial charge in [-0.25, -0.2) is 0 Å². The summed E-state index contributed by atoms with van der Waals surface area (Å²) >= 11 is 1.45. The number of fused-ring (bicyclic) bond motifs is 2. The second-order valence-electron chi connectivity index (χ2n) is 6.69. The minimum Gasteiger partial charge on any atom is -0.348 e. The van der Waals surface area contributed by atoms with Crippen LogP contribution in [0.3, 0.4) is 0 Å². The number of carbonyl (C=O) groups excluding carboxylic acids is 2. The number of aryl methyl sites for hydroxylation is 2. The second kappa shape index (κ2) is 5.73. The van der Waals surface area contributed by atoms with Crippen molar-refractivity contribution in [3.05, 3.63) is 39.8 Å². The van der Waals surface area contributed by atoms with Gasteiger partial charge in [0.05, 0.1) is 4.88 Å². The molecule has 1 aliphatic carbocycles. The summed E-state index contributed by atoms with van der Waals surface area (Å²) in [6.45, 7) is 2.64. The van der Waals surface area contributed by atoms with Crippen LogP contribution in [0, 0.1) is 12.8 Å². The standard InChI is InChI=1S/C17H20N4O2S/c1-10-6-14(19-20(10)2)17(23)21-9-11-7-12(21)8-13(11)18-16(22)15-4-3-5-24-15/h3-6,11-13H,7-9H2,1-2H3,(H,18,22). The molecule has 7 heteroatoms. The van der Waals surface area contributed by atoms with E-state index < -0.39 is 0 Å². The van der Waals surface area contributed by atoms with E-state index >= 15 is 0 Å². The number of hydrogen-bond donors (Lipinski definition) is 1. The van der Waals surface area contributed by atoms with E-state index in [0.29, 0.717) is 18.2 Å². The summed E-state index contributed by atoms with van der Waals surface area (Å²) in [6, 6.07) is 5.93. The van der Waals surface area contributed by atoms with Crippen molar-refractivity contribution in [1.29, 1.82) is 0 Å². The fourth-order valence-electron chi connectivity index (χ4n) is 3.84. The molecule has 2 fully saturated rings. The van der Waals surface area contributed by atoms with E-state index in [1.165, 1.54) is 11.3 Å². The maximum atomic E-state index is 12.7. The SMILES string of the molecule is Cc1cc(C(=O)N2CC3CC2CC3NC(=O)c2cccs2)nn1C. The Labute approximate surface area is 144 Å². The number of hydrogen-bond acceptors (Lipinski definition) is 4. The maximum Gasteiger partial charge on any atom is 0.274 e. The smallest absolute Gasteiger partial charge is 0.274 e. The molecule has 4 rings (SSSR count). The van der Waals surface area contributed by atoms with Crippen LogP contribution in [-0.4, -0.2) is 45.1 Å². The van der Waals surface area contributed by atoms with Crippen molar-refractivity contribution in [1.82, 2.24) is 20.0 Å². The zero-order valence-corrected chi connectivity index (χ0v) is 14.5. The van der Waals surface area contributed by atoms with Crippen LogP contribution in [0.5, 0.6) is 0 Å². The minimum atomic E-state index is 0.000720.